The zero-order chi connectivity index (χ0) is 14.2. The van der Waals surface area contributed by atoms with Crippen LogP contribution in [0.15, 0.2) is 16.8 Å². The molecule has 0 aromatic carbocycles. The summed E-state index contributed by atoms with van der Waals surface area (Å²) in [4.78, 5) is 17.0. The Balaban J connectivity index is 1.46. The van der Waals surface area contributed by atoms with Crippen molar-refractivity contribution in [1.82, 2.24) is 4.90 Å². The lowest BCUT2D eigenvalue weighted by atomic mass is 9.99. The second-order valence-corrected chi connectivity index (χ2v) is 7.20. The monoisotopic (exact) mass is 306 g/mol. The Morgan fingerprint density at radius 3 is 2.86 bits per heavy atom. The van der Waals surface area contributed by atoms with Crippen LogP contribution >= 0.6 is 11.3 Å². The number of nitrogens with zero attached hydrogens (tertiary/aromatic N) is 2. The molecular formula is C16H22N2O2S. The van der Waals surface area contributed by atoms with Gasteiger partial charge in [-0.2, -0.15) is 11.3 Å². The number of fused-ring (bicyclic) bond motifs is 1. The molecule has 4 heterocycles. The summed E-state index contributed by atoms with van der Waals surface area (Å²) in [7, 11) is 0. The third-order valence-electron chi connectivity index (χ3n) is 5.23. The van der Waals surface area contributed by atoms with Gasteiger partial charge in [-0.05, 0) is 36.6 Å². The van der Waals surface area contributed by atoms with Gasteiger partial charge in [0.05, 0.1) is 11.7 Å². The number of amides is 1. The molecule has 21 heavy (non-hydrogen) atoms. The molecular weight excluding hydrogens is 284 g/mol. The fourth-order valence-corrected chi connectivity index (χ4v) is 4.77. The Labute approximate surface area is 129 Å². The number of anilines is 1. The summed E-state index contributed by atoms with van der Waals surface area (Å²) >= 11 is 1.67. The zero-order valence-electron chi connectivity index (χ0n) is 12.2. The largest absolute Gasteiger partial charge is 0.381 e. The van der Waals surface area contributed by atoms with E-state index in [0.29, 0.717) is 24.4 Å². The topological polar surface area (TPSA) is 32.8 Å². The third kappa shape index (κ3) is 2.51. The molecule has 5 heteroatoms. The molecule has 0 unspecified atom stereocenters. The SMILES string of the molecule is O=C1C[C@@H]2[C@H](CCN2CC2CCOCC2)N1c1ccsc1. The zero-order valence-corrected chi connectivity index (χ0v) is 13.1. The number of rotatable bonds is 3. The van der Waals surface area contributed by atoms with Crippen LogP contribution in [0, 0.1) is 5.92 Å². The molecule has 1 aromatic rings. The molecule has 3 aliphatic heterocycles. The van der Waals surface area contributed by atoms with Crippen LogP contribution < -0.4 is 4.90 Å². The van der Waals surface area contributed by atoms with Gasteiger partial charge in [0.25, 0.3) is 0 Å². The molecule has 0 aliphatic carbocycles. The number of likely N-dealkylation sites (tertiary alicyclic amines) is 1. The van der Waals surface area contributed by atoms with Crippen molar-refractivity contribution in [1.29, 1.82) is 0 Å². The third-order valence-corrected chi connectivity index (χ3v) is 5.90. The number of hydrogen-bond donors (Lipinski definition) is 0. The first-order valence-corrected chi connectivity index (χ1v) is 8.93. The van der Waals surface area contributed by atoms with Crippen molar-refractivity contribution in [3.63, 3.8) is 0 Å². The second-order valence-electron chi connectivity index (χ2n) is 6.42. The Morgan fingerprint density at radius 1 is 1.24 bits per heavy atom. The van der Waals surface area contributed by atoms with Gasteiger partial charge >= 0.3 is 0 Å². The lowest BCUT2D eigenvalue weighted by molar-refractivity contribution is -0.117. The average Bonchev–Trinajstić information content (AvgIpc) is 3.19. The highest BCUT2D eigenvalue weighted by molar-refractivity contribution is 7.08. The van der Waals surface area contributed by atoms with Crippen LogP contribution in [0.2, 0.25) is 0 Å². The number of carbonyl (C=O) groups excluding carboxylic acids is 1. The molecule has 0 spiro atoms. The summed E-state index contributed by atoms with van der Waals surface area (Å²) in [6, 6.07) is 2.90. The van der Waals surface area contributed by atoms with Gasteiger partial charge in [0, 0.05) is 44.1 Å². The number of hydrogen-bond acceptors (Lipinski definition) is 4. The smallest absolute Gasteiger partial charge is 0.228 e. The Kier molecular flexibility index (Phi) is 3.73. The summed E-state index contributed by atoms with van der Waals surface area (Å²) in [6.07, 6.45) is 4.17. The molecule has 2 atom stereocenters. The fourth-order valence-electron chi connectivity index (χ4n) is 4.15. The Hall–Kier alpha value is -0.910. The van der Waals surface area contributed by atoms with Gasteiger partial charge < -0.3 is 9.64 Å². The quantitative estimate of drug-likeness (QED) is 0.859. The van der Waals surface area contributed by atoms with E-state index in [-0.39, 0.29) is 0 Å². The van der Waals surface area contributed by atoms with E-state index in [4.69, 9.17) is 4.74 Å². The highest BCUT2D eigenvalue weighted by Gasteiger charge is 2.47. The van der Waals surface area contributed by atoms with Crippen molar-refractivity contribution in [2.75, 3.05) is 31.2 Å². The van der Waals surface area contributed by atoms with Crippen LogP contribution in [-0.4, -0.2) is 49.2 Å². The molecule has 0 N–H and O–H groups in total. The first-order chi connectivity index (χ1) is 10.3. The molecule has 0 saturated carbocycles. The summed E-state index contributed by atoms with van der Waals surface area (Å²) < 4.78 is 5.45. The van der Waals surface area contributed by atoms with E-state index < -0.39 is 0 Å². The van der Waals surface area contributed by atoms with Crippen LogP contribution in [0.25, 0.3) is 0 Å². The van der Waals surface area contributed by atoms with Gasteiger partial charge in [-0.25, -0.2) is 0 Å². The van der Waals surface area contributed by atoms with E-state index in [9.17, 15) is 4.79 Å². The van der Waals surface area contributed by atoms with Gasteiger partial charge in [0.15, 0.2) is 0 Å². The lowest BCUT2D eigenvalue weighted by Crippen LogP contribution is -2.39. The standard InChI is InChI=1S/C16H22N2O2S/c19-16-9-15-14(18(16)13-4-8-21-11-13)1-5-17(15)10-12-2-6-20-7-3-12/h4,8,11-12,14-15H,1-3,5-7,9-10H2/t14-,15+/m0/s1. The number of thiophene rings is 1. The van der Waals surface area contributed by atoms with Crippen LogP contribution in [-0.2, 0) is 9.53 Å². The summed E-state index contributed by atoms with van der Waals surface area (Å²) in [6.45, 7) is 4.11. The van der Waals surface area contributed by atoms with E-state index in [1.165, 1.54) is 12.8 Å². The van der Waals surface area contributed by atoms with Gasteiger partial charge in [0.1, 0.15) is 0 Å². The summed E-state index contributed by atoms with van der Waals surface area (Å²) in [5.74, 6) is 1.06. The van der Waals surface area contributed by atoms with Crippen LogP contribution in [0.1, 0.15) is 25.7 Å². The van der Waals surface area contributed by atoms with Crippen molar-refractivity contribution in [2.24, 2.45) is 5.92 Å². The van der Waals surface area contributed by atoms with Crippen molar-refractivity contribution < 1.29 is 9.53 Å². The summed E-state index contributed by atoms with van der Waals surface area (Å²) in [5, 5.41) is 4.16. The van der Waals surface area contributed by atoms with E-state index in [2.05, 4.69) is 26.6 Å². The maximum absolute atomic E-state index is 12.4. The number of carbonyl (C=O) groups is 1. The minimum Gasteiger partial charge on any atom is -0.381 e. The molecule has 1 aromatic heterocycles. The lowest BCUT2D eigenvalue weighted by Gasteiger charge is -2.30. The number of ether oxygens (including phenoxy) is 1. The molecule has 114 valence electrons. The van der Waals surface area contributed by atoms with Crippen molar-refractivity contribution >= 4 is 22.9 Å². The molecule has 3 aliphatic rings. The second kappa shape index (κ2) is 5.71. The molecule has 0 radical (unpaired) electrons. The van der Waals surface area contributed by atoms with E-state index in [1.54, 1.807) is 11.3 Å². The fraction of sp³-hybridized carbons (Fsp3) is 0.688. The van der Waals surface area contributed by atoms with E-state index in [1.807, 2.05) is 0 Å². The highest BCUT2D eigenvalue weighted by Crippen LogP contribution is 2.37. The van der Waals surface area contributed by atoms with Gasteiger partial charge in [-0.15, -0.1) is 0 Å². The average molecular weight is 306 g/mol. The van der Waals surface area contributed by atoms with Crippen LogP contribution in [0.5, 0.6) is 0 Å². The molecule has 4 nitrogen and oxygen atoms in total. The van der Waals surface area contributed by atoms with E-state index in [0.717, 1.165) is 44.3 Å². The Bertz CT molecular complexity index is 498. The maximum atomic E-state index is 12.4. The van der Waals surface area contributed by atoms with Gasteiger partial charge in [-0.1, -0.05) is 0 Å². The van der Waals surface area contributed by atoms with Crippen molar-refractivity contribution in [3.8, 4) is 0 Å². The van der Waals surface area contributed by atoms with Gasteiger partial charge in [-0.3, -0.25) is 9.69 Å². The highest BCUT2D eigenvalue weighted by atomic mass is 32.1. The maximum Gasteiger partial charge on any atom is 0.228 e. The minimum absolute atomic E-state index is 0.306. The van der Waals surface area contributed by atoms with Crippen LogP contribution in [0.3, 0.4) is 0 Å². The molecule has 3 saturated heterocycles. The van der Waals surface area contributed by atoms with Crippen molar-refractivity contribution in [2.45, 2.75) is 37.8 Å². The van der Waals surface area contributed by atoms with Crippen LogP contribution in [0.4, 0.5) is 5.69 Å². The normalized spacial score (nSPS) is 31.0. The first-order valence-electron chi connectivity index (χ1n) is 7.99. The molecule has 3 fully saturated rings. The Morgan fingerprint density at radius 2 is 2.10 bits per heavy atom. The molecule has 4 rings (SSSR count). The molecule has 1 amide bonds. The van der Waals surface area contributed by atoms with Gasteiger partial charge in [0.2, 0.25) is 5.91 Å². The summed E-state index contributed by atoms with van der Waals surface area (Å²) in [5.41, 5.74) is 1.10. The predicted molar refractivity (Wildman–Crippen MR) is 83.7 cm³/mol. The first kappa shape index (κ1) is 13.7. The molecule has 0 bridgehead atoms. The predicted octanol–water partition coefficient (Wildman–Crippen LogP) is 2.35. The minimum atomic E-state index is 0.306. The van der Waals surface area contributed by atoms with E-state index >= 15 is 0 Å². The van der Waals surface area contributed by atoms with Crippen molar-refractivity contribution in [3.05, 3.63) is 16.8 Å².